The molecule has 0 amide bonds. The summed E-state index contributed by atoms with van der Waals surface area (Å²) in [6.45, 7) is 1.33. The van der Waals surface area contributed by atoms with E-state index < -0.39 is 0 Å². The average Bonchev–Trinajstić information content (AvgIpc) is 2.83. The van der Waals surface area contributed by atoms with Crippen LogP contribution in [0.3, 0.4) is 0 Å². The fraction of sp³-hybridized carbons (Fsp3) is 0.357. The van der Waals surface area contributed by atoms with E-state index in [0.717, 1.165) is 28.6 Å². The van der Waals surface area contributed by atoms with Crippen LogP contribution in [0, 0.1) is 0 Å². The lowest BCUT2D eigenvalue weighted by Gasteiger charge is -2.04. The third-order valence-electron chi connectivity index (χ3n) is 2.73. The van der Waals surface area contributed by atoms with Crippen molar-refractivity contribution in [2.24, 2.45) is 0 Å². The van der Waals surface area contributed by atoms with Crippen molar-refractivity contribution in [1.82, 2.24) is 10.3 Å². The fourth-order valence-corrected chi connectivity index (χ4v) is 2.97. The van der Waals surface area contributed by atoms with E-state index >= 15 is 0 Å². The molecule has 0 aliphatic carbocycles. The van der Waals surface area contributed by atoms with E-state index in [1.165, 1.54) is 4.88 Å². The van der Waals surface area contributed by atoms with Gasteiger partial charge in [0, 0.05) is 18.5 Å². The summed E-state index contributed by atoms with van der Waals surface area (Å²) in [5, 5.41) is 4.13. The number of benzene rings is 1. The van der Waals surface area contributed by atoms with Gasteiger partial charge in [-0.15, -0.1) is 11.3 Å². The average molecular weight is 278 g/mol. The Morgan fingerprint density at radius 2 is 2.05 bits per heavy atom. The van der Waals surface area contributed by atoms with Gasteiger partial charge in [0.15, 0.2) is 0 Å². The Morgan fingerprint density at radius 3 is 2.74 bits per heavy atom. The Hall–Kier alpha value is -1.43. The molecule has 102 valence electrons. The number of aromatic nitrogens is 1. The van der Waals surface area contributed by atoms with Gasteiger partial charge in [0.25, 0.3) is 0 Å². The zero-order valence-corrected chi connectivity index (χ0v) is 12.2. The number of methoxy groups -OCH3 is 2. The van der Waals surface area contributed by atoms with Crippen LogP contribution >= 0.6 is 11.3 Å². The van der Waals surface area contributed by atoms with E-state index in [4.69, 9.17) is 9.47 Å². The third kappa shape index (κ3) is 3.12. The minimum atomic E-state index is 0.530. The highest BCUT2D eigenvalue weighted by molar-refractivity contribution is 7.15. The largest absolute Gasteiger partial charge is 0.496 e. The highest BCUT2D eigenvalue weighted by Crippen LogP contribution is 2.34. The number of nitrogens with one attached hydrogen (secondary N) is 1. The lowest BCUT2D eigenvalue weighted by Crippen LogP contribution is -2.06. The van der Waals surface area contributed by atoms with E-state index in [9.17, 15) is 0 Å². The Kier molecular flexibility index (Phi) is 4.90. The molecule has 0 atom stereocenters. The third-order valence-corrected chi connectivity index (χ3v) is 3.86. The number of para-hydroxylation sites is 1. The van der Waals surface area contributed by atoms with Crippen LogP contribution in [-0.4, -0.2) is 26.3 Å². The molecule has 0 aliphatic rings. The molecule has 0 saturated carbocycles. The minimum Gasteiger partial charge on any atom is -0.496 e. The molecule has 0 saturated heterocycles. The molecule has 0 unspecified atom stereocenters. The first-order chi connectivity index (χ1) is 9.30. The number of hydrogen-bond acceptors (Lipinski definition) is 5. The summed E-state index contributed by atoms with van der Waals surface area (Å²) in [5.74, 6) is 0.844. The minimum absolute atomic E-state index is 0.530. The van der Waals surface area contributed by atoms with Crippen LogP contribution < -0.4 is 10.1 Å². The van der Waals surface area contributed by atoms with E-state index in [1.807, 2.05) is 31.3 Å². The SMILES string of the molecule is CNCc1sc(-c2ccccc2OC)nc1COC. The predicted octanol–water partition coefficient (Wildman–Crippen LogP) is 2.68. The van der Waals surface area contributed by atoms with Gasteiger partial charge < -0.3 is 14.8 Å². The molecule has 1 aromatic carbocycles. The van der Waals surface area contributed by atoms with Gasteiger partial charge in [-0.3, -0.25) is 0 Å². The lowest BCUT2D eigenvalue weighted by atomic mass is 10.2. The van der Waals surface area contributed by atoms with Gasteiger partial charge in [-0.25, -0.2) is 4.98 Å². The summed E-state index contributed by atoms with van der Waals surface area (Å²) in [5.41, 5.74) is 2.01. The molecule has 0 spiro atoms. The molecule has 1 aromatic heterocycles. The van der Waals surface area contributed by atoms with Gasteiger partial charge >= 0.3 is 0 Å². The number of ether oxygens (including phenoxy) is 2. The molecule has 19 heavy (non-hydrogen) atoms. The maximum absolute atomic E-state index is 5.39. The molecule has 0 fully saturated rings. The summed E-state index contributed by atoms with van der Waals surface area (Å²) in [4.78, 5) is 5.87. The first kappa shape index (κ1) is 14.0. The fourth-order valence-electron chi connectivity index (χ4n) is 1.87. The Labute approximate surface area is 117 Å². The molecule has 4 nitrogen and oxygen atoms in total. The van der Waals surface area contributed by atoms with Gasteiger partial charge in [0.2, 0.25) is 0 Å². The van der Waals surface area contributed by atoms with Crippen LogP contribution in [0.25, 0.3) is 10.6 Å². The van der Waals surface area contributed by atoms with Crippen molar-refractivity contribution in [3.8, 4) is 16.3 Å². The van der Waals surface area contributed by atoms with E-state index in [-0.39, 0.29) is 0 Å². The number of nitrogens with zero attached hydrogens (tertiary/aromatic N) is 1. The van der Waals surface area contributed by atoms with Gasteiger partial charge in [-0.2, -0.15) is 0 Å². The van der Waals surface area contributed by atoms with Crippen molar-refractivity contribution in [2.75, 3.05) is 21.3 Å². The molecule has 0 radical (unpaired) electrons. The Balaban J connectivity index is 2.41. The topological polar surface area (TPSA) is 43.4 Å². The predicted molar refractivity (Wildman–Crippen MR) is 77.6 cm³/mol. The van der Waals surface area contributed by atoms with Gasteiger partial charge in [0.05, 0.1) is 25.0 Å². The monoisotopic (exact) mass is 278 g/mol. The molecule has 5 heteroatoms. The van der Waals surface area contributed by atoms with Gasteiger partial charge in [-0.1, -0.05) is 12.1 Å². The standard InChI is InChI=1S/C14H18N2O2S/c1-15-8-13-11(9-17-2)16-14(19-13)10-6-4-5-7-12(10)18-3/h4-7,15H,8-9H2,1-3H3. The van der Waals surface area contributed by atoms with Crippen molar-refractivity contribution in [3.63, 3.8) is 0 Å². The van der Waals surface area contributed by atoms with Crippen LogP contribution in [0.4, 0.5) is 0 Å². The first-order valence-electron chi connectivity index (χ1n) is 6.05. The lowest BCUT2D eigenvalue weighted by molar-refractivity contribution is 0.181. The highest BCUT2D eigenvalue weighted by Gasteiger charge is 2.14. The number of thiazole rings is 1. The second-order valence-electron chi connectivity index (χ2n) is 4.05. The quantitative estimate of drug-likeness (QED) is 0.882. The van der Waals surface area contributed by atoms with Crippen LogP contribution in [-0.2, 0) is 17.9 Å². The second-order valence-corrected chi connectivity index (χ2v) is 5.14. The zero-order chi connectivity index (χ0) is 13.7. The molecule has 1 heterocycles. The summed E-state index contributed by atoms with van der Waals surface area (Å²) in [6, 6.07) is 7.93. The molecular weight excluding hydrogens is 260 g/mol. The molecule has 2 rings (SSSR count). The van der Waals surface area contributed by atoms with E-state index in [0.29, 0.717) is 6.61 Å². The molecule has 2 aromatic rings. The second kappa shape index (κ2) is 6.65. The summed E-state index contributed by atoms with van der Waals surface area (Å²) in [6.07, 6.45) is 0. The Bertz CT molecular complexity index is 516. The first-order valence-corrected chi connectivity index (χ1v) is 6.87. The maximum atomic E-state index is 5.39. The highest BCUT2D eigenvalue weighted by atomic mass is 32.1. The number of hydrogen-bond donors (Lipinski definition) is 1. The van der Waals surface area contributed by atoms with Gasteiger partial charge in [0.1, 0.15) is 10.8 Å². The van der Waals surface area contributed by atoms with E-state index in [1.54, 1.807) is 25.6 Å². The van der Waals surface area contributed by atoms with Crippen molar-refractivity contribution < 1.29 is 9.47 Å². The molecular formula is C14H18N2O2S. The normalized spacial score (nSPS) is 10.7. The van der Waals surface area contributed by atoms with Crippen molar-refractivity contribution >= 4 is 11.3 Å². The van der Waals surface area contributed by atoms with Crippen molar-refractivity contribution in [3.05, 3.63) is 34.8 Å². The maximum Gasteiger partial charge on any atom is 0.129 e. The molecule has 0 bridgehead atoms. The van der Waals surface area contributed by atoms with Gasteiger partial charge in [-0.05, 0) is 19.2 Å². The smallest absolute Gasteiger partial charge is 0.129 e. The molecule has 0 aliphatic heterocycles. The van der Waals surface area contributed by atoms with Crippen LogP contribution in [0.1, 0.15) is 10.6 Å². The summed E-state index contributed by atoms with van der Waals surface area (Å²) >= 11 is 1.67. The summed E-state index contributed by atoms with van der Waals surface area (Å²) in [7, 11) is 5.29. The van der Waals surface area contributed by atoms with Crippen molar-refractivity contribution in [1.29, 1.82) is 0 Å². The number of rotatable bonds is 6. The van der Waals surface area contributed by atoms with Crippen molar-refractivity contribution in [2.45, 2.75) is 13.2 Å². The van der Waals surface area contributed by atoms with Crippen LogP contribution in [0.5, 0.6) is 5.75 Å². The Morgan fingerprint density at radius 1 is 1.26 bits per heavy atom. The van der Waals surface area contributed by atoms with Crippen LogP contribution in [0.15, 0.2) is 24.3 Å². The molecule has 1 N–H and O–H groups in total. The van der Waals surface area contributed by atoms with E-state index in [2.05, 4.69) is 10.3 Å². The van der Waals surface area contributed by atoms with Crippen LogP contribution in [0.2, 0.25) is 0 Å². The summed E-state index contributed by atoms with van der Waals surface area (Å²) < 4.78 is 10.6. The zero-order valence-electron chi connectivity index (χ0n) is 11.4.